The Bertz CT molecular complexity index is 172. The van der Waals surface area contributed by atoms with Crippen molar-refractivity contribution in [1.82, 2.24) is 5.32 Å². The molecule has 2 aliphatic rings. The molecule has 0 spiro atoms. The summed E-state index contributed by atoms with van der Waals surface area (Å²) < 4.78 is 0. The van der Waals surface area contributed by atoms with Crippen molar-refractivity contribution in [3.63, 3.8) is 0 Å². The lowest BCUT2D eigenvalue weighted by molar-refractivity contribution is 0.267. The highest BCUT2D eigenvalue weighted by atomic mass is 14.9. The van der Waals surface area contributed by atoms with Gasteiger partial charge in [-0.05, 0) is 37.0 Å². The fraction of sp³-hybridized carbons (Fsp3) is 1.00. The van der Waals surface area contributed by atoms with Crippen molar-refractivity contribution < 1.29 is 0 Å². The molecule has 2 unspecified atom stereocenters. The Balaban J connectivity index is 1.73. The van der Waals surface area contributed by atoms with Gasteiger partial charge in [-0.25, -0.2) is 0 Å². The molecule has 0 amide bonds. The van der Waals surface area contributed by atoms with Crippen LogP contribution in [0.25, 0.3) is 0 Å². The normalized spacial score (nSPS) is 37.4. The fourth-order valence-corrected chi connectivity index (χ4v) is 2.39. The van der Waals surface area contributed by atoms with Gasteiger partial charge in [-0.3, -0.25) is 0 Å². The zero-order valence-corrected chi connectivity index (χ0v) is 9.10. The summed E-state index contributed by atoms with van der Waals surface area (Å²) in [5.74, 6) is 0.913. The van der Waals surface area contributed by atoms with E-state index >= 15 is 0 Å². The quantitative estimate of drug-likeness (QED) is 0.706. The van der Waals surface area contributed by atoms with Gasteiger partial charge in [-0.1, -0.05) is 26.7 Å². The van der Waals surface area contributed by atoms with Crippen LogP contribution < -0.4 is 5.32 Å². The molecule has 0 aromatic rings. The first-order chi connectivity index (χ1) is 6.20. The van der Waals surface area contributed by atoms with Crippen molar-refractivity contribution in [3.05, 3.63) is 0 Å². The van der Waals surface area contributed by atoms with E-state index in [4.69, 9.17) is 0 Å². The Labute approximate surface area is 82.3 Å². The molecule has 2 atom stereocenters. The second kappa shape index (κ2) is 3.61. The minimum absolute atomic E-state index is 0.678. The van der Waals surface area contributed by atoms with Crippen LogP contribution in [0.3, 0.4) is 0 Å². The average Bonchev–Trinajstić information content (AvgIpc) is 2.83. The average molecular weight is 181 g/mol. The smallest absolute Gasteiger partial charge is 0.00929 e. The van der Waals surface area contributed by atoms with Gasteiger partial charge in [0, 0.05) is 12.6 Å². The summed E-state index contributed by atoms with van der Waals surface area (Å²) in [5, 5.41) is 3.77. The highest BCUT2D eigenvalue weighted by Gasteiger charge is 2.37. The first-order valence-electron chi connectivity index (χ1n) is 5.93. The molecule has 1 nitrogen and oxygen atoms in total. The second-order valence-corrected chi connectivity index (χ2v) is 5.56. The van der Waals surface area contributed by atoms with Crippen LogP contribution in [0.15, 0.2) is 0 Å². The van der Waals surface area contributed by atoms with Crippen molar-refractivity contribution in [2.24, 2.45) is 11.3 Å². The Hall–Kier alpha value is -0.0400. The molecule has 0 aromatic heterocycles. The van der Waals surface area contributed by atoms with E-state index in [0.717, 1.165) is 12.0 Å². The summed E-state index contributed by atoms with van der Waals surface area (Å²) in [6, 6.07) is 0.825. The predicted molar refractivity (Wildman–Crippen MR) is 56.8 cm³/mol. The standard InChI is InChI=1S/C12H23N/c1-10-5-3-4-6-11(10)13-9-12(2)7-8-12/h10-11,13H,3-9H2,1-2H3. The lowest BCUT2D eigenvalue weighted by Crippen LogP contribution is -2.39. The first kappa shape index (κ1) is 9.51. The summed E-state index contributed by atoms with van der Waals surface area (Å²) in [4.78, 5) is 0. The molecule has 13 heavy (non-hydrogen) atoms. The molecule has 0 radical (unpaired) electrons. The molecule has 0 heterocycles. The Morgan fingerprint density at radius 2 is 1.92 bits per heavy atom. The van der Waals surface area contributed by atoms with E-state index in [-0.39, 0.29) is 0 Å². The van der Waals surface area contributed by atoms with Crippen LogP contribution in [0.4, 0.5) is 0 Å². The molecule has 0 saturated heterocycles. The van der Waals surface area contributed by atoms with E-state index in [9.17, 15) is 0 Å². The number of hydrogen-bond acceptors (Lipinski definition) is 1. The highest BCUT2D eigenvalue weighted by Crippen LogP contribution is 2.44. The summed E-state index contributed by atoms with van der Waals surface area (Å²) in [7, 11) is 0. The minimum Gasteiger partial charge on any atom is -0.313 e. The third-order valence-electron chi connectivity index (χ3n) is 4.01. The van der Waals surface area contributed by atoms with Crippen molar-refractivity contribution in [3.8, 4) is 0 Å². The molecule has 2 fully saturated rings. The maximum Gasteiger partial charge on any atom is 0.00929 e. The number of nitrogens with one attached hydrogen (secondary N) is 1. The topological polar surface area (TPSA) is 12.0 Å². The van der Waals surface area contributed by atoms with E-state index in [1.807, 2.05) is 0 Å². The van der Waals surface area contributed by atoms with Crippen LogP contribution in [0.5, 0.6) is 0 Å². The summed E-state index contributed by atoms with van der Waals surface area (Å²) in [5.41, 5.74) is 0.678. The van der Waals surface area contributed by atoms with Gasteiger partial charge >= 0.3 is 0 Å². The van der Waals surface area contributed by atoms with Gasteiger partial charge in [-0.15, -0.1) is 0 Å². The number of rotatable bonds is 3. The zero-order valence-electron chi connectivity index (χ0n) is 9.10. The molecule has 2 saturated carbocycles. The van der Waals surface area contributed by atoms with Crippen molar-refractivity contribution in [2.45, 2.75) is 58.4 Å². The van der Waals surface area contributed by atoms with Crippen LogP contribution in [0, 0.1) is 11.3 Å². The van der Waals surface area contributed by atoms with Crippen LogP contribution >= 0.6 is 0 Å². The largest absolute Gasteiger partial charge is 0.313 e. The molecule has 1 heteroatoms. The first-order valence-corrected chi connectivity index (χ1v) is 5.93. The van der Waals surface area contributed by atoms with E-state index in [1.165, 1.54) is 45.1 Å². The summed E-state index contributed by atoms with van der Waals surface area (Å²) in [6.07, 6.45) is 8.64. The highest BCUT2D eigenvalue weighted by molar-refractivity contribution is 4.92. The lowest BCUT2D eigenvalue weighted by Gasteiger charge is -2.30. The van der Waals surface area contributed by atoms with Crippen molar-refractivity contribution >= 4 is 0 Å². The fourth-order valence-electron chi connectivity index (χ4n) is 2.39. The van der Waals surface area contributed by atoms with Crippen molar-refractivity contribution in [1.29, 1.82) is 0 Å². The maximum atomic E-state index is 3.77. The van der Waals surface area contributed by atoms with Gasteiger partial charge in [-0.2, -0.15) is 0 Å². The van der Waals surface area contributed by atoms with E-state index in [0.29, 0.717) is 5.41 Å². The summed E-state index contributed by atoms with van der Waals surface area (Å²) >= 11 is 0. The van der Waals surface area contributed by atoms with E-state index in [2.05, 4.69) is 19.2 Å². The van der Waals surface area contributed by atoms with Crippen molar-refractivity contribution in [2.75, 3.05) is 6.54 Å². The molecule has 0 bridgehead atoms. The third kappa shape index (κ3) is 2.46. The molecule has 0 aliphatic heterocycles. The monoisotopic (exact) mass is 181 g/mol. The van der Waals surface area contributed by atoms with Gasteiger partial charge < -0.3 is 5.32 Å². The van der Waals surface area contributed by atoms with Gasteiger partial charge in [0.05, 0.1) is 0 Å². The molecule has 0 aromatic carbocycles. The summed E-state index contributed by atoms with van der Waals surface area (Å²) in [6.45, 7) is 6.08. The van der Waals surface area contributed by atoms with Gasteiger partial charge in [0.15, 0.2) is 0 Å². The van der Waals surface area contributed by atoms with Gasteiger partial charge in [0.1, 0.15) is 0 Å². The van der Waals surface area contributed by atoms with Crippen LogP contribution in [0.2, 0.25) is 0 Å². The molecule has 76 valence electrons. The third-order valence-corrected chi connectivity index (χ3v) is 4.01. The Morgan fingerprint density at radius 3 is 2.54 bits per heavy atom. The van der Waals surface area contributed by atoms with Crippen LogP contribution in [0.1, 0.15) is 52.4 Å². The Morgan fingerprint density at radius 1 is 1.23 bits per heavy atom. The van der Waals surface area contributed by atoms with E-state index in [1.54, 1.807) is 0 Å². The SMILES string of the molecule is CC1CCCCC1NCC1(C)CC1. The van der Waals surface area contributed by atoms with Crippen LogP contribution in [-0.2, 0) is 0 Å². The Kier molecular flexibility index (Phi) is 2.64. The molecular weight excluding hydrogens is 158 g/mol. The molecule has 1 N–H and O–H groups in total. The lowest BCUT2D eigenvalue weighted by atomic mass is 9.85. The van der Waals surface area contributed by atoms with Gasteiger partial charge in [0.2, 0.25) is 0 Å². The van der Waals surface area contributed by atoms with E-state index < -0.39 is 0 Å². The minimum atomic E-state index is 0.678. The number of hydrogen-bond donors (Lipinski definition) is 1. The van der Waals surface area contributed by atoms with Crippen LogP contribution in [-0.4, -0.2) is 12.6 Å². The molecular formula is C12H23N. The zero-order chi connectivity index (χ0) is 9.31. The predicted octanol–water partition coefficient (Wildman–Crippen LogP) is 2.95. The second-order valence-electron chi connectivity index (χ2n) is 5.56. The maximum absolute atomic E-state index is 3.77. The molecule has 2 aliphatic carbocycles. The van der Waals surface area contributed by atoms with Gasteiger partial charge in [0.25, 0.3) is 0 Å². The molecule has 2 rings (SSSR count).